The van der Waals surface area contributed by atoms with E-state index in [-0.39, 0.29) is 5.56 Å². The van der Waals surface area contributed by atoms with E-state index in [1.54, 1.807) is 0 Å². The predicted molar refractivity (Wildman–Crippen MR) is 121 cm³/mol. The molecule has 3 rings (SSSR count). The quantitative estimate of drug-likeness (QED) is 0.429. The largest absolute Gasteiger partial charge is 0.206 e. The molecule has 0 aromatic heterocycles. The first-order chi connectivity index (χ1) is 14.5. The highest BCUT2D eigenvalue weighted by atomic mass is 19.1. The highest BCUT2D eigenvalue weighted by molar-refractivity contribution is 5.45. The van der Waals surface area contributed by atoms with Crippen molar-refractivity contribution in [3.63, 3.8) is 0 Å². The first-order valence-corrected chi connectivity index (χ1v) is 11.6. The molecular formula is C28H34F2. The van der Waals surface area contributed by atoms with Crippen LogP contribution in [0.1, 0.15) is 81.5 Å². The third-order valence-corrected chi connectivity index (χ3v) is 6.76. The number of benzene rings is 2. The second-order valence-electron chi connectivity index (χ2n) is 9.00. The number of rotatable bonds is 6. The Morgan fingerprint density at radius 1 is 0.900 bits per heavy atom. The molecule has 1 aliphatic rings. The van der Waals surface area contributed by atoms with Crippen molar-refractivity contribution in [3.05, 3.63) is 70.3 Å². The monoisotopic (exact) mass is 408 g/mol. The van der Waals surface area contributed by atoms with Gasteiger partial charge in [0.15, 0.2) is 0 Å². The third-order valence-electron chi connectivity index (χ3n) is 6.76. The second kappa shape index (κ2) is 10.8. The minimum atomic E-state index is -0.554. The molecule has 2 heteroatoms. The zero-order valence-corrected chi connectivity index (χ0v) is 18.6. The van der Waals surface area contributed by atoms with Crippen LogP contribution in [0.3, 0.4) is 0 Å². The first-order valence-electron chi connectivity index (χ1n) is 11.6. The molecule has 1 fully saturated rings. The van der Waals surface area contributed by atoms with Crippen molar-refractivity contribution in [2.75, 3.05) is 0 Å². The molecule has 0 saturated heterocycles. The Morgan fingerprint density at radius 2 is 1.53 bits per heavy atom. The summed E-state index contributed by atoms with van der Waals surface area (Å²) in [5.74, 6) is 6.47. The molecule has 2 aromatic rings. The fourth-order valence-electron chi connectivity index (χ4n) is 4.74. The number of aryl methyl sites for hydroxylation is 1. The van der Waals surface area contributed by atoms with Crippen LogP contribution in [0, 0.1) is 41.2 Å². The van der Waals surface area contributed by atoms with Crippen molar-refractivity contribution in [1.82, 2.24) is 0 Å². The predicted octanol–water partition coefficient (Wildman–Crippen LogP) is 7.71. The molecule has 0 bridgehead atoms. The van der Waals surface area contributed by atoms with Crippen LogP contribution in [-0.4, -0.2) is 0 Å². The summed E-state index contributed by atoms with van der Waals surface area (Å²) in [7, 11) is 0. The molecule has 0 spiro atoms. The van der Waals surface area contributed by atoms with E-state index in [2.05, 4.69) is 32.6 Å². The summed E-state index contributed by atoms with van der Waals surface area (Å²) < 4.78 is 29.3. The van der Waals surface area contributed by atoms with E-state index < -0.39 is 11.6 Å². The average molecular weight is 409 g/mol. The summed E-state index contributed by atoms with van der Waals surface area (Å²) in [5.41, 5.74) is 2.63. The van der Waals surface area contributed by atoms with E-state index >= 15 is 0 Å². The Balaban J connectivity index is 1.67. The minimum absolute atomic E-state index is 0.132. The maximum absolute atomic E-state index is 14.6. The van der Waals surface area contributed by atoms with Crippen LogP contribution in [0.25, 0.3) is 0 Å². The van der Waals surface area contributed by atoms with E-state index in [0.29, 0.717) is 11.8 Å². The molecule has 0 heterocycles. The molecule has 1 unspecified atom stereocenters. The van der Waals surface area contributed by atoms with Gasteiger partial charge in [-0.1, -0.05) is 70.4 Å². The van der Waals surface area contributed by atoms with E-state index in [1.165, 1.54) is 49.8 Å². The van der Waals surface area contributed by atoms with Crippen molar-refractivity contribution in [1.29, 1.82) is 0 Å². The van der Waals surface area contributed by atoms with Gasteiger partial charge in [0.1, 0.15) is 11.6 Å². The lowest BCUT2D eigenvalue weighted by molar-refractivity contribution is 0.210. The zero-order chi connectivity index (χ0) is 21.5. The maximum atomic E-state index is 14.6. The Bertz CT molecular complexity index is 854. The van der Waals surface area contributed by atoms with Gasteiger partial charge in [-0.05, 0) is 78.8 Å². The van der Waals surface area contributed by atoms with Crippen LogP contribution in [-0.2, 0) is 12.8 Å². The van der Waals surface area contributed by atoms with Gasteiger partial charge in [-0.3, -0.25) is 0 Å². The topological polar surface area (TPSA) is 0 Å². The Hall–Kier alpha value is -2.14. The summed E-state index contributed by atoms with van der Waals surface area (Å²) in [6.07, 6.45) is 9.18. The molecule has 0 radical (unpaired) electrons. The Kier molecular flexibility index (Phi) is 8.08. The second-order valence-corrected chi connectivity index (χ2v) is 9.00. The van der Waals surface area contributed by atoms with Gasteiger partial charge < -0.3 is 0 Å². The lowest BCUT2D eigenvalue weighted by atomic mass is 9.74. The van der Waals surface area contributed by atoms with Crippen LogP contribution in [0.5, 0.6) is 0 Å². The van der Waals surface area contributed by atoms with Gasteiger partial charge in [0.05, 0.1) is 5.56 Å². The number of hydrogen-bond donors (Lipinski definition) is 0. The van der Waals surface area contributed by atoms with Gasteiger partial charge in [0.2, 0.25) is 0 Å². The van der Waals surface area contributed by atoms with Gasteiger partial charge in [0.25, 0.3) is 0 Å². The molecular weight excluding hydrogens is 374 g/mol. The Morgan fingerprint density at radius 3 is 2.10 bits per heavy atom. The molecule has 1 atom stereocenters. The van der Waals surface area contributed by atoms with Gasteiger partial charge in [-0.2, -0.15) is 0 Å². The van der Waals surface area contributed by atoms with Gasteiger partial charge in [-0.25, -0.2) is 8.78 Å². The van der Waals surface area contributed by atoms with Crippen LogP contribution in [0.4, 0.5) is 8.78 Å². The number of hydrogen-bond acceptors (Lipinski definition) is 0. The van der Waals surface area contributed by atoms with Crippen LogP contribution < -0.4 is 0 Å². The molecule has 0 amide bonds. The molecule has 160 valence electrons. The van der Waals surface area contributed by atoms with Crippen LogP contribution in [0.15, 0.2) is 36.4 Å². The van der Waals surface area contributed by atoms with Gasteiger partial charge in [-0.15, -0.1) is 0 Å². The average Bonchev–Trinajstić information content (AvgIpc) is 2.74. The van der Waals surface area contributed by atoms with Crippen molar-refractivity contribution >= 4 is 0 Å². The Labute approximate surface area is 181 Å². The normalized spacial score (nSPS) is 19.8. The SMILES string of the molecule is CCCc1ccc(C#Cc2c(F)cc(CC(C)C3CCC(CC)CC3)cc2F)cc1. The lowest BCUT2D eigenvalue weighted by Crippen LogP contribution is -2.21. The van der Waals surface area contributed by atoms with E-state index in [1.807, 2.05) is 24.3 Å². The first kappa shape index (κ1) is 22.5. The van der Waals surface area contributed by atoms with Crippen molar-refractivity contribution in [2.24, 2.45) is 17.8 Å². The standard InChI is InChI=1S/C28H34F2/c1-4-6-22-7-9-23(10-8-22)13-16-26-27(29)18-24(19-28(26)30)17-20(3)25-14-11-21(5-2)12-15-25/h7-10,18-21,25H,4-6,11-12,14-15,17H2,1-3H3. The maximum Gasteiger partial charge on any atom is 0.142 e. The van der Waals surface area contributed by atoms with Gasteiger partial charge >= 0.3 is 0 Å². The fourth-order valence-corrected chi connectivity index (χ4v) is 4.74. The summed E-state index contributed by atoms with van der Waals surface area (Å²) in [6.45, 7) is 6.63. The van der Waals surface area contributed by atoms with E-state index in [9.17, 15) is 8.78 Å². The van der Waals surface area contributed by atoms with Crippen molar-refractivity contribution in [2.45, 2.75) is 72.1 Å². The van der Waals surface area contributed by atoms with Crippen LogP contribution in [0.2, 0.25) is 0 Å². The molecule has 30 heavy (non-hydrogen) atoms. The summed E-state index contributed by atoms with van der Waals surface area (Å²) in [4.78, 5) is 0. The molecule has 0 nitrogen and oxygen atoms in total. The zero-order valence-electron chi connectivity index (χ0n) is 18.6. The van der Waals surface area contributed by atoms with Crippen molar-refractivity contribution < 1.29 is 8.78 Å². The van der Waals surface area contributed by atoms with Crippen LogP contribution >= 0.6 is 0 Å². The molecule has 0 N–H and O–H groups in total. The summed E-state index contributed by atoms with van der Waals surface area (Å²) in [6, 6.07) is 10.8. The van der Waals surface area contributed by atoms with Gasteiger partial charge in [0, 0.05) is 5.56 Å². The molecule has 1 saturated carbocycles. The fraction of sp³-hybridized carbons (Fsp3) is 0.500. The molecule has 1 aliphatic carbocycles. The smallest absolute Gasteiger partial charge is 0.142 e. The molecule has 2 aromatic carbocycles. The van der Waals surface area contributed by atoms with E-state index in [0.717, 1.165) is 36.3 Å². The lowest BCUT2D eigenvalue weighted by Gasteiger charge is -2.32. The minimum Gasteiger partial charge on any atom is -0.206 e. The highest BCUT2D eigenvalue weighted by Gasteiger charge is 2.25. The summed E-state index contributed by atoms with van der Waals surface area (Å²) in [5, 5.41) is 0. The molecule has 0 aliphatic heterocycles. The van der Waals surface area contributed by atoms with Crippen molar-refractivity contribution in [3.8, 4) is 11.8 Å². The number of halogens is 2. The van der Waals surface area contributed by atoms with E-state index in [4.69, 9.17) is 0 Å². The summed E-state index contributed by atoms with van der Waals surface area (Å²) >= 11 is 0. The highest BCUT2D eigenvalue weighted by Crippen LogP contribution is 2.36. The third kappa shape index (κ3) is 5.94.